The first-order chi connectivity index (χ1) is 10.5. The molecule has 1 aromatic carbocycles. The summed E-state index contributed by atoms with van der Waals surface area (Å²) in [6.45, 7) is 12.6. The second kappa shape index (κ2) is 7.49. The highest BCUT2D eigenvalue weighted by atomic mass is 32.2. The van der Waals surface area contributed by atoms with E-state index in [1.165, 1.54) is 13.0 Å². The summed E-state index contributed by atoms with van der Waals surface area (Å²) in [5.74, 6) is -0.376. The molecular formula is C18H26FNO2S. The van der Waals surface area contributed by atoms with Crippen molar-refractivity contribution in [3.63, 3.8) is 0 Å². The van der Waals surface area contributed by atoms with Crippen LogP contribution in [0.15, 0.2) is 30.9 Å². The lowest BCUT2D eigenvalue weighted by molar-refractivity contribution is -0.116. The van der Waals surface area contributed by atoms with E-state index in [0.717, 1.165) is 5.56 Å². The Kier molecular flexibility index (Phi) is 6.42. The molecule has 0 saturated heterocycles. The lowest BCUT2D eigenvalue weighted by Crippen LogP contribution is -2.46. The maximum absolute atomic E-state index is 14.4. The Morgan fingerprint density at radius 1 is 1.35 bits per heavy atom. The van der Waals surface area contributed by atoms with Crippen LogP contribution in [0.3, 0.4) is 0 Å². The van der Waals surface area contributed by atoms with Crippen LogP contribution in [0, 0.1) is 5.82 Å². The Morgan fingerprint density at radius 3 is 2.43 bits per heavy atom. The molecule has 0 spiro atoms. The topological polar surface area (TPSA) is 46.2 Å². The molecule has 2 atom stereocenters. The second-order valence-corrected chi connectivity index (χ2v) is 8.97. The van der Waals surface area contributed by atoms with Crippen molar-refractivity contribution in [3.8, 4) is 0 Å². The van der Waals surface area contributed by atoms with Gasteiger partial charge in [-0.2, -0.15) is 0 Å². The maximum Gasteiger partial charge on any atom is 0.134 e. The standard InChI is InChI=1S/C18H26FNO2S/c1-7-10-18(6,20-23(22)17(3,4)5)15-12-14(11-13(2)21)8-9-16(15)19/h7-9,12,20H,1,10-11H2,2-6H3/t18-,23?/m0/s1. The number of nitrogens with one attached hydrogen (secondary N) is 1. The highest BCUT2D eigenvalue weighted by Gasteiger charge is 2.33. The Labute approximate surface area is 141 Å². The molecule has 23 heavy (non-hydrogen) atoms. The molecule has 0 saturated carbocycles. The third-order valence-electron chi connectivity index (χ3n) is 3.51. The van der Waals surface area contributed by atoms with Gasteiger partial charge >= 0.3 is 0 Å². The minimum Gasteiger partial charge on any atom is -0.300 e. The Morgan fingerprint density at radius 2 is 1.96 bits per heavy atom. The summed E-state index contributed by atoms with van der Waals surface area (Å²) in [5, 5.41) is 0. The molecular weight excluding hydrogens is 313 g/mol. The van der Waals surface area contributed by atoms with Gasteiger partial charge in [-0.15, -0.1) is 6.58 Å². The Hall–Kier alpha value is -1.33. The van der Waals surface area contributed by atoms with Crippen LogP contribution in [0.25, 0.3) is 0 Å². The first-order valence-electron chi connectivity index (χ1n) is 7.58. The van der Waals surface area contributed by atoms with E-state index in [9.17, 15) is 13.4 Å². The fraction of sp³-hybridized carbons (Fsp3) is 0.500. The van der Waals surface area contributed by atoms with E-state index >= 15 is 0 Å². The summed E-state index contributed by atoms with van der Waals surface area (Å²) in [6, 6.07) is 4.64. The van der Waals surface area contributed by atoms with E-state index in [1.54, 1.807) is 25.1 Å². The van der Waals surface area contributed by atoms with Crippen LogP contribution in [0.2, 0.25) is 0 Å². The van der Waals surface area contributed by atoms with Gasteiger partial charge in [0, 0.05) is 12.0 Å². The molecule has 0 radical (unpaired) electrons. The van der Waals surface area contributed by atoms with Gasteiger partial charge in [0.25, 0.3) is 0 Å². The molecule has 0 fully saturated rings. The predicted molar refractivity (Wildman–Crippen MR) is 94.0 cm³/mol. The molecule has 0 aliphatic carbocycles. The van der Waals surface area contributed by atoms with E-state index in [4.69, 9.17) is 0 Å². The van der Waals surface area contributed by atoms with Gasteiger partial charge in [0.15, 0.2) is 0 Å². The van der Waals surface area contributed by atoms with E-state index in [-0.39, 0.29) is 18.0 Å². The van der Waals surface area contributed by atoms with Gasteiger partial charge < -0.3 is 0 Å². The van der Waals surface area contributed by atoms with E-state index in [0.29, 0.717) is 12.0 Å². The van der Waals surface area contributed by atoms with Crippen LogP contribution < -0.4 is 4.72 Å². The number of halogens is 1. The van der Waals surface area contributed by atoms with Crippen molar-refractivity contribution < 1.29 is 13.4 Å². The molecule has 1 unspecified atom stereocenters. The Bertz CT molecular complexity index is 622. The van der Waals surface area contributed by atoms with Crippen molar-refractivity contribution in [1.29, 1.82) is 0 Å². The van der Waals surface area contributed by atoms with Crippen LogP contribution >= 0.6 is 0 Å². The molecule has 0 bridgehead atoms. The lowest BCUT2D eigenvalue weighted by Gasteiger charge is -2.33. The zero-order chi connectivity index (χ0) is 17.8. The maximum atomic E-state index is 14.4. The number of Topliss-reactive ketones (excluding diaryl/α,β-unsaturated/α-hetero) is 1. The number of ketones is 1. The summed E-state index contributed by atoms with van der Waals surface area (Å²) >= 11 is 0. The quantitative estimate of drug-likeness (QED) is 0.768. The van der Waals surface area contributed by atoms with Gasteiger partial charge in [-0.05, 0) is 52.7 Å². The number of hydrogen-bond donors (Lipinski definition) is 1. The van der Waals surface area contributed by atoms with Crippen molar-refractivity contribution in [1.82, 2.24) is 4.72 Å². The second-order valence-electron chi connectivity index (χ2n) is 7.00. The smallest absolute Gasteiger partial charge is 0.134 e. The molecule has 128 valence electrons. The molecule has 0 aliphatic heterocycles. The number of rotatable bonds is 7. The van der Waals surface area contributed by atoms with Gasteiger partial charge in [-0.3, -0.25) is 4.79 Å². The highest BCUT2D eigenvalue weighted by molar-refractivity contribution is 7.84. The van der Waals surface area contributed by atoms with Crippen molar-refractivity contribution in [2.75, 3.05) is 0 Å². The number of carbonyl (C=O) groups is 1. The SMILES string of the molecule is C=CC[C@](C)(NS(=O)C(C)(C)C)c1cc(CC(C)=O)ccc1F. The van der Waals surface area contributed by atoms with Crippen molar-refractivity contribution in [2.45, 2.75) is 57.7 Å². The van der Waals surface area contributed by atoms with E-state index < -0.39 is 21.3 Å². The minimum absolute atomic E-state index is 0.0132. The molecule has 0 aliphatic rings. The molecule has 5 heteroatoms. The van der Waals surface area contributed by atoms with Crippen LogP contribution in [0.5, 0.6) is 0 Å². The van der Waals surface area contributed by atoms with Gasteiger partial charge in [0.1, 0.15) is 11.6 Å². The van der Waals surface area contributed by atoms with Gasteiger partial charge in [-0.25, -0.2) is 13.3 Å². The Balaban J connectivity index is 3.30. The molecule has 1 rings (SSSR count). The van der Waals surface area contributed by atoms with Crippen LogP contribution in [0.1, 0.15) is 52.2 Å². The number of benzene rings is 1. The fourth-order valence-electron chi connectivity index (χ4n) is 2.25. The largest absolute Gasteiger partial charge is 0.300 e. The summed E-state index contributed by atoms with van der Waals surface area (Å²) in [6.07, 6.45) is 2.33. The monoisotopic (exact) mass is 339 g/mol. The zero-order valence-corrected chi connectivity index (χ0v) is 15.3. The first kappa shape index (κ1) is 19.7. The fourth-order valence-corrected chi connectivity index (χ4v) is 3.15. The van der Waals surface area contributed by atoms with E-state index in [2.05, 4.69) is 11.3 Å². The van der Waals surface area contributed by atoms with Gasteiger partial charge in [0.2, 0.25) is 0 Å². The highest BCUT2D eigenvalue weighted by Crippen LogP contribution is 2.30. The zero-order valence-electron chi connectivity index (χ0n) is 14.5. The molecule has 1 aromatic rings. The number of hydrogen-bond acceptors (Lipinski definition) is 2. The molecule has 0 amide bonds. The predicted octanol–water partition coefficient (Wildman–Crippen LogP) is 3.80. The average molecular weight is 339 g/mol. The summed E-state index contributed by atoms with van der Waals surface area (Å²) in [7, 11) is -1.37. The van der Waals surface area contributed by atoms with Crippen molar-refractivity contribution in [2.24, 2.45) is 0 Å². The third kappa shape index (κ3) is 5.36. The van der Waals surface area contributed by atoms with Gasteiger partial charge in [-0.1, -0.05) is 18.2 Å². The summed E-state index contributed by atoms with van der Waals surface area (Å²) in [5.41, 5.74) is 0.276. The molecule has 0 aromatic heterocycles. The third-order valence-corrected chi connectivity index (χ3v) is 5.25. The van der Waals surface area contributed by atoms with E-state index in [1.807, 2.05) is 20.8 Å². The van der Waals surface area contributed by atoms with Crippen LogP contribution in [-0.2, 0) is 27.7 Å². The summed E-state index contributed by atoms with van der Waals surface area (Å²) < 4.78 is 29.5. The van der Waals surface area contributed by atoms with Crippen LogP contribution in [0.4, 0.5) is 4.39 Å². The lowest BCUT2D eigenvalue weighted by atomic mass is 9.87. The normalized spacial score (nSPS) is 15.7. The van der Waals surface area contributed by atoms with Crippen molar-refractivity contribution in [3.05, 3.63) is 47.8 Å². The molecule has 3 nitrogen and oxygen atoms in total. The molecule has 1 N–H and O–H groups in total. The first-order valence-corrected chi connectivity index (χ1v) is 8.73. The molecule has 0 heterocycles. The van der Waals surface area contributed by atoms with Crippen molar-refractivity contribution >= 4 is 16.8 Å². The minimum atomic E-state index is -1.37. The summed E-state index contributed by atoms with van der Waals surface area (Å²) in [4.78, 5) is 11.3. The average Bonchev–Trinajstić information content (AvgIpc) is 2.39. The van der Waals surface area contributed by atoms with Crippen LogP contribution in [-0.4, -0.2) is 14.7 Å². The van der Waals surface area contributed by atoms with Gasteiger partial charge in [0.05, 0.1) is 21.3 Å². The number of carbonyl (C=O) groups excluding carboxylic acids is 1.